The van der Waals surface area contributed by atoms with Crippen LogP contribution in [0.4, 0.5) is 8.78 Å². The number of carbonyl (C=O) groups excluding carboxylic acids is 1. The lowest BCUT2D eigenvalue weighted by Crippen LogP contribution is -2.39. The minimum atomic E-state index is -3.39. The van der Waals surface area contributed by atoms with Gasteiger partial charge in [0.1, 0.15) is 0 Å². The highest BCUT2D eigenvalue weighted by Crippen LogP contribution is 2.37. The molecule has 0 atom stereocenters. The molecular formula is C13H14F2O2. The van der Waals surface area contributed by atoms with E-state index in [0.717, 1.165) is 11.1 Å². The first kappa shape index (κ1) is 12.0. The van der Waals surface area contributed by atoms with Gasteiger partial charge in [-0.25, -0.2) is 4.79 Å². The summed E-state index contributed by atoms with van der Waals surface area (Å²) in [5.74, 6) is -5.77. The maximum absolute atomic E-state index is 13.8. The topological polar surface area (TPSA) is 26.3 Å². The third-order valence-electron chi connectivity index (χ3n) is 3.11. The summed E-state index contributed by atoms with van der Waals surface area (Å²) in [6, 6.07) is 7.31. The number of hydrogen-bond donors (Lipinski definition) is 0. The van der Waals surface area contributed by atoms with Gasteiger partial charge in [-0.15, -0.1) is 0 Å². The first-order chi connectivity index (χ1) is 8.05. The van der Waals surface area contributed by atoms with E-state index in [2.05, 4.69) is 4.74 Å². The summed E-state index contributed by atoms with van der Waals surface area (Å²) in [5.41, 5.74) is 1.81. The Morgan fingerprint density at radius 2 is 1.88 bits per heavy atom. The molecule has 2 rings (SSSR count). The van der Waals surface area contributed by atoms with Gasteiger partial charge in [-0.3, -0.25) is 0 Å². The van der Waals surface area contributed by atoms with E-state index in [1.165, 1.54) is 6.92 Å². The van der Waals surface area contributed by atoms with Crippen molar-refractivity contribution in [1.29, 1.82) is 0 Å². The van der Waals surface area contributed by atoms with Crippen molar-refractivity contribution >= 4 is 5.97 Å². The van der Waals surface area contributed by atoms with Crippen molar-refractivity contribution in [3.05, 3.63) is 35.4 Å². The van der Waals surface area contributed by atoms with Gasteiger partial charge in [0, 0.05) is 5.92 Å². The Morgan fingerprint density at radius 1 is 1.35 bits per heavy atom. The Labute approximate surface area is 98.6 Å². The van der Waals surface area contributed by atoms with E-state index in [1.807, 2.05) is 24.3 Å². The SMILES string of the molecule is CCOC(=O)C(F)(F)C1Cc2ccccc2C1. The lowest BCUT2D eigenvalue weighted by atomic mass is 9.98. The fourth-order valence-electron chi connectivity index (χ4n) is 2.21. The van der Waals surface area contributed by atoms with E-state index in [9.17, 15) is 13.6 Å². The number of fused-ring (bicyclic) bond motifs is 1. The summed E-state index contributed by atoms with van der Waals surface area (Å²) < 4.78 is 32.0. The molecule has 0 spiro atoms. The predicted octanol–water partition coefficient (Wildman–Crippen LogP) is 2.60. The number of benzene rings is 1. The minimum absolute atomic E-state index is 0.0198. The number of halogens is 2. The van der Waals surface area contributed by atoms with Crippen LogP contribution in [-0.2, 0) is 22.4 Å². The summed E-state index contributed by atoms with van der Waals surface area (Å²) in [5, 5.41) is 0. The Balaban J connectivity index is 2.14. The molecule has 0 bridgehead atoms. The molecule has 0 heterocycles. The smallest absolute Gasteiger partial charge is 0.377 e. The molecule has 0 fully saturated rings. The zero-order valence-electron chi connectivity index (χ0n) is 9.58. The molecule has 1 aliphatic rings. The van der Waals surface area contributed by atoms with Gasteiger partial charge in [0.2, 0.25) is 0 Å². The number of hydrogen-bond acceptors (Lipinski definition) is 2. The van der Waals surface area contributed by atoms with Crippen molar-refractivity contribution in [2.75, 3.05) is 6.61 Å². The second-order valence-corrected chi connectivity index (χ2v) is 4.22. The Hall–Kier alpha value is -1.45. The van der Waals surface area contributed by atoms with Crippen LogP contribution in [-0.4, -0.2) is 18.5 Å². The van der Waals surface area contributed by atoms with Crippen LogP contribution < -0.4 is 0 Å². The van der Waals surface area contributed by atoms with E-state index in [1.54, 1.807) is 0 Å². The number of rotatable bonds is 3. The summed E-state index contributed by atoms with van der Waals surface area (Å²) in [6.07, 6.45) is 0.476. The Bertz CT molecular complexity index is 404. The van der Waals surface area contributed by atoms with Gasteiger partial charge >= 0.3 is 11.9 Å². The molecule has 0 aliphatic heterocycles. The highest BCUT2D eigenvalue weighted by molar-refractivity contribution is 5.78. The average Bonchev–Trinajstić information content (AvgIpc) is 2.73. The van der Waals surface area contributed by atoms with Crippen molar-refractivity contribution < 1.29 is 18.3 Å². The van der Waals surface area contributed by atoms with Crippen LogP contribution in [0.15, 0.2) is 24.3 Å². The highest BCUT2D eigenvalue weighted by atomic mass is 19.3. The predicted molar refractivity (Wildman–Crippen MR) is 58.9 cm³/mol. The zero-order valence-corrected chi connectivity index (χ0v) is 9.58. The minimum Gasteiger partial charge on any atom is -0.462 e. The molecule has 4 heteroatoms. The van der Waals surface area contributed by atoms with E-state index in [-0.39, 0.29) is 19.4 Å². The molecule has 0 amide bonds. The average molecular weight is 240 g/mol. The maximum atomic E-state index is 13.8. The van der Waals surface area contributed by atoms with Crippen LogP contribution in [0.25, 0.3) is 0 Å². The molecule has 0 unspecified atom stereocenters. The fraction of sp³-hybridized carbons (Fsp3) is 0.462. The first-order valence-corrected chi connectivity index (χ1v) is 5.67. The second kappa shape index (κ2) is 4.43. The third-order valence-corrected chi connectivity index (χ3v) is 3.11. The van der Waals surface area contributed by atoms with Crippen LogP contribution in [0.2, 0.25) is 0 Å². The molecule has 0 aromatic heterocycles. The first-order valence-electron chi connectivity index (χ1n) is 5.67. The quantitative estimate of drug-likeness (QED) is 0.759. The van der Waals surface area contributed by atoms with Crippen molar-refractivity contribution in [2.45, 2.75) is 25.7 Å². The van der Waals surface area contributed by atoms with Gasteiger partial charge in [0.15, 0.2) is 0 Å². The van der Waals surface area contributed by atoms with E-state index in [0.29, 0.717) is 0 Å². The largest absolute Gasteiger partial charge is 0.462 e. The molecule has 2 nitrogen and oxygen atoms in total. The molecule has 0 saturated carbocycles. The van der Waals surface area contributed by atoms with Crippen LogP contribution in [0.5, 0.6) is 0 Å². The molecular weight excluding hydrogens is 226 g/mol. The monoisotopic (exact) mass is 240 g/mol. The van der Waals surface area contributed by atoms with Crippen molar-refractivity contribution in [3.8, 4) is 0 Å². The Morgan fingerprint density at radius 3 is 2.35 bits per heavy atom. The van der Waals surface area contributed by atoms with E-state index >= 15 is 0 Å². The molecule has 1 aliphatic carbocycles. The van der Waals surface area contributed by atoms with Gasteiger partial charge < -0.3 is 4.74 Å². The molecule has 1 aromatic carbocycles. The summed E-state index contributed by atoms with van der Waals surface area (Å²) in [7, 11) is 0. The number of esters is 1. The second-order valence-electron chi connectivity index (χ2n) is 4.22. The fourth-order valence-corrected chi connectivity index (χ4v) is 2.21. The summed E-state index contributed by atoms with van der Waals surface area (Å²) >= 11 is 0. The molecule has 17 heavy (non-hydrogen) atoms. The summed E-state index contributed by atoms with van der Waals surface area (Å²) in [6.45, 7) is 1.51. The van der Waals surface area contributed by atoms with Gasteiger partial charge in [0.05, 0.1) is 6.61 Å². The molecule has 0 saturated heterocycles. The lowest BCUT2D eigenvalue weighted by Gasteiger charge is -2.20. The van der Waals surface area contributed by atoms with Crippen LogP contribution >= 0.6 is 0 Å². The van der Waals surface area contributed by atoms with Crippen LogP contribution in [0.3, 0.4) is 0 Å². The highest BCUT2D eigenvalue weighted by Gasteiger charge is 2.50. The standard InChI is InChI=1S/C13H14F2O2/c1-2-17-12(16)13(14,15)11-7-9-5-3-4-6-10(9)8-11/h3-6,11H,2,7-8H2,1H3. The van der Waals surface area contributed by atoms with Gasteiger partial charge in [-0.05, 0) is 30.9 Å². The zero-order chi connectivity index (χ0) is 12.5. The van der Waals surface area contributed by atoms with E-state index < -0.39 is 17.8 Å². The van der Waals surface area contributed by atoms with Crippen LogP contribution in [0, 0.1) is 5.92 Å². The van der Waals surface area contributed by atoms with Gasteiger partial charge in [0.25, 0.3) is 0 Å². The van der Waals surface area contributed by atoms with Crippen LogP contribution in [0.1, 0.15) is 18.1 Å². The normalized spacial score (nSPS) is 15.7. The molecule has 0 radical (unpaired) electrons. The molecule has 92 valence electrons. The molecule has 0 N–H and O–H groups in total. The number of alkyl halides is 2. The van der Waals surface area contributed by atoms with Gasteiger partial charge in [-0.2, -0.15) is 8.78 Å². The third kappa shape index (κ3) is 2.16. The van der Waals surface area contributed by atoms with Gasteiger partial charge in [-0.1, -0.05) is 24.3 Å². The van der Waals surface area contributed by atoms with Crippen molar-refractivity contribution in [3.63, 3.8) is 0 Å². The lowest BCUT2D eigenvalue weighted by molar-refractivity contribution is -0.179. The van der Waals surface area contributed by atoms with E-state index in [4.69, 9.17) is 0 Å². The van der Waals surface area contributed by atoms with Crippen molar-refractivity contribution in [1.82, 2.24) is 0 Å². The molecule has 1 aromatic rings. The summed E-state index contributed by atoms with van der Waals surface area (Å²) in [4.78, 5) is 11.2. The van der Waals surface area contributed by atoms with Crippen molar-refractivity contribution in [2.24, 2.45) is 5.92 Å². The number of carbonyl (C=O) groups is 1. The number of ether oxygens (including phenoxy) is 1. The maximum Gasteiger partial charge on any atom is 0.377 e. The Kier molecular flexibility index (Phi) is 3.13.